The van der Waals surface area contributed by atoms with Crippen LogP contribution in [0.5, 0.6) is 23.0 Å². The molecule has 2 atom stereocenters. The summed E-state index contributed by atoms with van der Waals surface area (Å²) in [5, 5.41) is 0. The minimum atomic E-state index is -0.612. The van der Waals surface area contributed by atoms with Crippen molar-refractivity contribution in [2.45, 2.75) is 31.7 Å². The lowest BCUT2D eigenvalue weighted by Gasteiger charge is -2.43. The number of nitrogens with zero attached hydrogens (tertiary/aromatic N) is 2. The van der Waals surface area contributed by atoms with Crippen LogP contribution < -0.4 is 18.9 Å². The smallest absolute Gasteiger partial charge is 0.254 e. The van der Waals surface area contributed by atoms with Gasteiger partial charge in [0.1, 0.15) is 0 Å². The first-order chi connectivity index (χ1) is 16.8. The van der Waals surface area contributed by atoms with Crippen molar-refractivity contribution in [2.75, 3.05) is 48.6 Å². The molecular formula is C27H34N2O6. The number of likely N-dealkylation sites (tertiary alicyclic amines) is 1. The van der Waals surface area contributed by atoms with E-state index in [0.717, 1.165) is 18.4 Å². The summed E-state index contributed by atoms with van der Waals surface area (Å²) in [5.41, 5.74) is 1.89. The summed E-state index contributed by atoms with van der Waals surface area (Å²) >= 11 is 0. The van der Waals surface area contributed by atoms with Crippen molar-refractivity contribution in [2.24, 2.45) is 5.92 Å². The van der Waals surface area contributed by atoms with E-state index >= 15 is 0 Å². The van der Waals surface area contributed by atoms with Crippen LogP contribution in [-0.2, 0) is 4.79 Å². The van der Waals surface area contributed by atoms with Crippen LogP contribution in [0.3, 0.4) is 0 Å². The molecule has 2 aliphatic heterocycles. The predicted molar refractivity (Wildman–Crippen MR) is 132 cm³/mol. The normalized spacial score (nSPS) is 20.3. The fourth-order valence-corrected chi connectivity index (χ4v) is 5.19. The van der Waals surface area contributed by atoms with Gasteiger partial charge in [0.25, 0.3) is 5.91 Å². The number of benzene rings is 2. The summed E-state index contributed by atoms with van der Waals surface area (Å²) in [4.78, 5) is 31.3. The van der Waals surface area contributed by atoms with Gasteiger partial charge in [-0.25, -0.2) is 0 Å². The van der Waals surface area contributed by atoms with Gasteiger partial charge in [-0.15, -0.1) is 0 Å². The molecule has 2 aromatic carbocycles. The Labute approximate surface area is 206 Å². The van der Waals surface area contributed by atoms with E-state index in [-0.39, 0.29) is 11.8 Å². The number of hydrogen-bond acceptors (Lipinski definition) is 6. The fraction of sp³-hybridized carbons (Fsp3) is 0.481. The van der Waals surface area contributed by atoms with Gasteiger partial charge in [-0.1, -0.05) is 13.0 Å². The molecule has 2 heterocycles. The van der Waals surface area contributed by atoms with E-state index in [1.807, 2.05) is 17.0 Å². The van der Waals surface area contributed by atoms with E-state index in [0.29, 0.717) is 53.1 Å². The number of likely N-dealkylation sites (N-methyl/N-ethyl adjacent to an activating group) is 1. The standard InChI is InChI=1S/C27H34N2O6/c1-16-9-11-29(12-10-16)27(31)24-18-14-22(34-5)23(35-6)15-19(18)26(30)28(2)25(24)17-7-8-20(32-3)21(13-17)33-4/h7-8,13-16,24-25H,9-12H2,1-6H3/t24-,25+/m1/s1. The van der Waals surface area contributed by atoms with Gasteiger partial charge in [0.05, 0.1) is 40.4 Å². The first-order valence-electron chi connectivity index (χ1n) is 11.9. The molecule has 2 amide bonds. The molecule has 8 nitrogen and oxygen atoms in total. The minimum Gasteiger partial charge on any atom is -0.493 e. The van der Waals surface area contributed by atoms with Crippen LogP contribution >= 0.6 is 0 Å². The predicted octanol–water partition coefficient (Wildman–Crippen LogP) is 3.89. The number of fused-ring (bicyclic) bond motifs is 1. The van der Waals surface area contributed by atoms with Crippen LogP contribution in [-0.4, -0.2) is 70.2 Å². The molecule has 0 saturated carbocycles. The molecule has 0 aromatic heterocycles. The Morgan fingerprint density at radius 1 is 0.857 bits per heavy atom. The summed E-state index contributed by atoms with van der Waals surface area (Å²) in [6.07, 6.45) is 1.93. The molecule has 0 N–H and O–H groups in total. The van der Waals surface area contributed by atoms with E-state index in [4.69, 9.17) is 18.9 Å². The van der Waals surface area contributed by atoms with Gasteiger partial charge < -0.3 is 28.7 Å². The average molecular weight is 483 g/mol. The lowest BCUT2D eigenvalue weighted by Crippen LogP contribution is -2.48. The molecule has 1 fully saturated rings. The van der Waals surface area contributed by atoms with Crippen LogP contribution in [0.25, 0.3) is 0 Å². The van der Waals surface area contributed by atoms with E-state index in [9.17, 15) is 9.59 Å². The maximum atomic E-state index is 14.2. The van der Waals surface area contributed by atoms with Crippen molar-refractivity contribution in [3.05, 3.63) is 47.0 Å². The Bertz CT molecular complexity index is 1110. The van der Waals surface area contributed by atoms with Gasteiger partial charge in [0, 0.05) is 25.7 Å². The van der Waals surface area contributed by atoms with Crippen molar-refractivity contribution < 1.29 is 28.5 Å². The monoisotopic (exact) mass is 482 g/mol. The van der Waals surface area contributed by atoms with Gasteiger partial charge in [0.15, 0.2) is 23.0 Å². The third-order valence-electron chi connectivity index (χ3n) is 7.28. The highest BCUT2D eigenvalue weighted by molar-refractivity contribution is 6.02. The Morgan fingerprint density at radius 2 is 1.43 bits per heavy atom. The maximum absolute atomic E-state index is 14.2. The van der Waals surface area contributed by atoms with Crippen molar-refractivity contribution in [1.29, 1.82) is 0 Å². The number of carbonyl (C=O) groups excluding carboxylic acids is 2. The number of rotatable bonds is 6. The Balaban J connectivity index is 1.89. The van der Waals surface area contributed by atoms with Gasteiger partial charge in [-0.05, 0) is 54.2 Å². The molecule has 0 spiro atoms. The quantitative estimate of drug-likeness (QED) is 0.622. The Hall–Kier alpha value is -3.42. The summed E-state index contributed by atoms with van der Waals surface area (Å²) in [6, 6.07) is 8.47. The first kappa shape index (κ1) is 24.7. The average Bonchev–Trinajstić information content (AvgIpc) is 2.89. The van der Waals surface area contributed by atoms with Crippen molar-refractivity contribution in [3.63, 3.8) is 0 Å². The Kier molecular flexibility index (Phi) is 7.10. The lowest BCUT2D eigenvalue weighted by molar-refractivity contribution is -0.135. The van der Waals surface area contributed by atoms with Crippen LogP contribution in [0.2, 0.25) is 0 Å². The SMILES string of the molecule is COc1ccc([C@H]2[C@H](C(=O)N3CCC(C)CC3)c3cc(OC)c(OC)cc3C(=O)N2C)cc1OC. The van der Waals surface area contributed by atoms with E-state index in [1.165, 1.54) is 7.11 Å². The van der Waals surface area contributed by atoms with Crippen LogP contribution in [0.4, 0.5) is 0 Å². The number of carbonyl (C=O) groups is 2. The summed E-state index contributed by atoms with van der Waals surface area (Å²) in [7, 11) is 7.97. The van der Waals surface area contributed by atoms with Crippen molar-refractivity contribution in [3.8, 4) is 23.0 Å². The van der Waals surface area contributed by atoms with Gasteiger partial charge >= 0.3 is 0 Å². The maximum Gasteiger partial charge on any atom is 0.254 e. The molecule has 1 saturated heterocycles. The van der Waals surface area contributed by atoms with Crippen LogP contribution in [0.1, 0.15) is 53.2 Å². The molecule has 0 unspecified atom stereocenters. The highest BCUT2D eigenvalue weighted by atomic mass is 16.5. The summed E-state index contributed by atoms with van der Waals surface area (Å²) < 4.78 is 21.9. The molecule has 2 aliphatic rings. The van der Waals surface area contributed by atoms with Gasteiger partial charge in [-0.2, -0.15) is 0 Å². The highest BCUT2D eigenvalue weighted by Gasteiger charge is 2.45. The van der Waals surface area contributed by atoms with Crippen LogP contribution in [0, 0.1) is 5.92 Å². The molecule has 0 radical (unpaired) electrons. The third kappa shape index (κ3) is 4.37. The van der Waals surface area contributed by atoms with Gasteiger partial charge in [-0.3, -0.25) is 9.59 Å². The zero-order chi connectivity index (χ0) is 25.3. The second-order valence-electron chi connectivity index (χ2n) is 9.26. The molecule has 0 aliphatic carbocycles. The lowest BCUT2D eigenvalue weighted by atomic mass is 9.78. The number of hydrogen-bond donors (Lipinski definition) is 0. The van der Waals surface area contributed by atoms with Crippen molar-refractivity contribution >= 4 is 11.8 Å². The highest BCUT2D eigenvalue weighted by Crippen LogP contribution is 2.47. The van der Waals surface area contributed by atoms with Gasteiger partial charge in [0.2, 0.25) is 5.91 Å². The number of piperidine rings is 1. The van der Waals surface area contributed by atoms with Crippen LogP contribution in [0.15, 0.2) is 30.3 Å². The van der Waals surface area contributed by atoms with E-state index < -0.39 is 12.0 Å². The zero-order valence-electron chi connectivity index (χ0n) is 21.3. The number of amides is 2. The van der Waals surface area contributed by atoms with Crippen molar-refractivity contribution in [1.82, 2.24) is 9.80 Å². The second kappa shape index (κ2) is 10.1. The number of methoxy groups -OCH3 is 4. The zero-order valence-corrected chi connectivity index (χ0v) is 21.3. The first-order valence-corrected chi connectivity index (χ1v) is 11.9. The summed E-state index contributed by atoms with van der Waals surface area (Å²) in [6.45, 7) is 3.62. The fourth-order valence-electron chi connectivity index (χ4n) is 5.19. The molecule has 8 heteroatoms. The second-order valence-corrected chi connectivity index (χ2v) is 9.26. The molecular weight excluding hydrogens is 448 g/mol. The number of ether oxygens (including phenoxy) is 4. The molecule has 35 heavy (non-hydrogen) atoms. The molecule has 4 rings (SSSR count). The van der Waals surface area contributed by atoms with E-state index in [1.54, 1.807) is 51.5 Å². The molecule has 188 valence electrons. The Morgan fingerprint density at radius 3 is 2.03 bits per heavy atom. The largest absolute Gasteiger partial charge is 0.493 e. The molecule has 0 bridgehead atoms. The van der Waals surface area contributed by atoms with E-state index in [2.05, 4.69) is 6.92 Å². The third-order valence-corrected chi connectivity index (χ3v) is 7.28. The molecule has 2 aromatic rings. The summed E-state index contributed by atoms with van der Waals surface area (Å²) in [5.74, 6) is 1.87. The minimum absolute atomic E-state index is 0.00417. The topological polar surface area (TPSA) is 77.5 Å².